The van der Waals surface area contributed by atoms with Gasteiger partial charge in [-0.2, -0.15) is 0 Å². The van der Waals surface area contributed by atoms with E-state index < -0.39 is 0 Å². The molecule has 86 valence electrons. The summed E-state index contributed by atoms with van der Waals surface area (Å²) < 4.78 is 2.10. The Hall–Kier alpha value is -1.13. The number of aryl methyl sites for hydroxylation is 1. The summed E-state index contributed by atoms with van der Waals surface area (Å²) in [6.45, 7) is 3.83. The zero-order valence-electron chi connectivity index (χ0n) is 9.74. The Labute approximate surface area is 99.9 Å². The highest BCUT2D eigenvalue weighted by atomic mass is 35.5. The molecule has 0 aliphatic rings. The Balaban J connectivity index is 2.42. The van der Waals surface area contributed by atoms with Gasteiger partial charge in [0.1, 0.15) is 16.5 Å². The fourth-order valence-electron chi connectivity index (χ4n) is 1.66. The molecule has 2 heterocycles. The maximum absolute atomic E-state index is 5.90. The average molecular weight is 239 g/mol. The Bertz CT molecular complexity index is 504. The van der Waals surface area contributed by atoms with E-state index in [2.05, 4.69) is 33.5 Å². The quantitative estimate of drug-likeness (QED) is 0.767. The molecule has 5 heteroatoms. The number of nitrogens with zero attached hydrogens (tertiary/aromatic N) is 4. The Morgan fingerprint density at radius 2 is 2.06 bits per heavy atom. The molecule has 2 aromatic heterocycles. The number of hydrogen-bond acceptors (Lipinski definition) is 3. The predicted octanol–water partition coefficient (Wildman–Crippen LogP) is 1.95. The number of halogens is 1. The highest BCUT2D eigenvalue weighted by Crippen LogP contribution is 2.16. The molecule has 0 aliphatic carbocycles. The van der Waals surface area contributed by atoms with Gasteiger partial charge in [0.15, 0.2) is 5.65 Å². The molecular weight excluding hydrogens is 224 g/mol. The molecule has 0 bridgehead atoms. The molecule has 0 aromatic carbocycles. The summed E-state index contributed by atoms with van der Waals surface area (Å²) in [6, 6.07) is 3.68. The standard InChI is InChI=1S/C11H15ClN4/c1-8-13-9-4-5-10(12)14-11(9)16(8)7-6-15(2)3/h4-5H,6-7H2,1-3H3. The van der Waals surface area contributed by atoms with Crippen LogP contribution >= 0.6 is 11.6 Å². The zero-order chi connectivity index (χ0) is 11.7. The van der Waals surface area contributed by atoms with Gasteiger partial charge in [-0.25, -0.2) is 9.97 Å². The van der Waals surface area contributed by atoms with Crippen LogP contribution in [0.2, 0.25) is 5.15 Å². The molecule has 0 unspecified atom stereocenters. The number of fused-ring (bicyclic) bond motifs is 1. The van der Waals surface area contributed by atoms with Crippen molar-refractivity contribution in [1.82, 2.24) is 19.4 Å². The molecule has 0 radical (unpaired) electrons. The smallest absolute Gasteiger partial charge is 0.161 e. The number of aromatic nitrogens is 3. The van der Waals surface area contributed by atoms with Crippen molar-refractivity contribution in [2.75, 3.05) is 20.6 Å². The topological polar surface area (TPSA) is 34.0 Å². The van der Waals surface area contributed by atoms with Crippen LogP contribution in [0.15, 0.2) is 12.1 Å². The molecule has 0 aliphatic heterocycles. The van der Waals surface area contributed by atoms with Gasteiger partial charge in [-0.15, -0.1) is 0 Å². The second-order valence-electron chi connectivity index (χ2n) is 4.09. The van der Waals surface area contributed by atoms with E-state index in [-0.39, 0.29) is 0 Å². The lowest BCUT2D eigenvalue weighted by Gasteiger charge is -2.11. The van der Waals surface area contributed by atoms with E-state index in [4.69, 9.17) is 11.6 Å². The molecule has 2 rings (SSSR count). The van der Waals surface area contributed by atoms with Gasteiger partial charge in [0, 0.05) is 13.1 Å². The molecular formula is C11H15ClN4. The third-order valence-electron chi connectivity index (χ3n) is 2.52. The fraction of sp³-hybridized carbons (Fsp3) is 0.455. The SMILES string of the molecule is Cc1nc2ccc(Cl)nc2n1CCN(C)C. The molecule has 0 fully saturated rings. The van der Waals surface area contributed by atoms with Crippen LogP contribution < -0.4 is 0 Å². The van der Waals surface area contributed by atoms with Crippen LogP contribution in [0.5, 0.6) is 0 Å². The van der Waals surface area contributed by atoms with Crippen molar-refractivity contribution < 1.29 is 0 Å². The molecule has 2 aromatic rings. The first kappa shape index (κ1) is 11.4. The lowest BCUT2D eigenvalue weighted by Crippen LogP contribution is -2.19. The van der Waals surface area contributed by atoms with E-state index in [1.807, 2.05) is 13.0 Å². The van der Waals surface area contributed by atoms with Crippen molar-refractivity contribution in [3.63, 3.8) is 0 Å². The van der Waals surface area contributed by atoms with Crippen molar-refractivity contribution in [3.8, 4) is 0 Å². The van der Waals surface area contributed by atoms with Crippen LogP contribution in [-0.2, 0) is 6.54 Å². The maximum Gasteiger partial charge on any atom is 0.161 e. The number of hydrogen-bond donors (Lipinski definition) is 0. The Morgan fingerprint density at radius 1 is 1.31 bits per heavy atom. The second-order valence-corrected chi connectivity index (χ2v) is 4.48. The van der Waals surface area contributed by atoms with Gasteiger partial charge in [0.05, 0.1) is 0 Å². The van der Waals surface area contributed by atoms with Crippen LogP contribution in [-0.4, -0.2) is 40.1 Å². The molecule has 16 heavy (non-hydrogen) atoms. The van der Waals surface area contributed by atoms with Crippen LogP contribution in [0.4, 0.5) is 0 Å². The lowest BCUT2D eigenvalue weighted by molar-refractivity contribution is 0.384. The van der Waals surface area contributed by atoms with E-state index in [0.29, 0.717) is 5.15 Å². The largest absolute Gasteiger partial charge is 0.312 e. The zero-order valence-corrected chi connectivity index (χ0v) is 10.5. The van der Waals surface area contributed by atoms with E-state index in [1.165, 1.54) is 0 Å². The average Bonchev–Trinajstić information content (AvgIpc) is 2.51. The normalized spacial score (nSPS) is 11.6. The minimum atomic E-state index is 0.513. The summed E-state index contributed by atoms with van der Waals surface area (Å²) in [4.78, 5) is 10.9. The van der Waals surface area contributed by atoms with E-state index in [9.17, 15) is 0 Å². The van der Waals surface area contributed by atoms with Crippen LogP contribution in [0.25, 0.3) is 11.2 Å². The van der Waals surface area contributed by atoms with Gasteiger partial charge >= 0.3 is 0 Å². The van der Waals surface area contributed by atoms with Gasteiger partial charge in [0.25, 0.3) is 0 Å². The van der Waals surface area contributed by atoms with Crippen molar-refractivity contribution >= 4 is 22.8 Å². The number of likely N-dealkylation sites (N-methyl/N-ethyl adjacent to an activating group) is 1. The number of imidazole rings is 1. The van der Waals surface area contributed by atoms with Gasteiger partial charge in [-0.3, -0.25) is 0 Å². The first-order valence-electron chi connectivity index (χ1n) is 5.22. The summed E-state index contributed by atoms with van der Waals surface area (Å²) in [5.74, 6) is 0.978. The predicted molar refractivity (Wildman–Crippen MR) is 65.8 cm³/mol. The Kier molecular flexibility index (Phi) is 3.12. The van der Waals surface area contributed by atoms with Crippen molar-refractivity contribution in [2.24, 2.45) is 0 Å². The molecule has 0 saturated carbocycles. The van der Waals surface area contributed by atoms with Crippen LogP contribution in [0.1, 0.15) is 5.82 Å². The number of rotatable bonds is 3. The Morgan fingerprint density at radius 3 is 2.75 bits per heavy atom. The molecule has 0 amide bonds. The van der Waals surface area contributed by atoms with Crippen LogP contribution in [0.3, 0.4) is 0 Å². The van der Waals surface area contributed by atoms with Crippen molar-refractivity contribution in [2.45, 2.75) is 13.5 Å². The summed E-state index contributed by atoms with van der Waals surface area (Å²) in [6.07, 6.45) is 0. The van der Waals surface area contributed by atoms with Crippen molar-refractivity contribution in [3.05, 3.63) is 23.1 Å². The van der Waals surface area contributed by atoms with E-state index >= 15 is 0 Å². The lowest BCUT2D eigenvalue weighted by atomic mass is 10.4. The molecule has 0 spiro atoms. The van der Waals surface area contributed by atoms with Gasteiger partial charge < -0.3 is 9.47 Å². The van der Waals surface area contributed by atoms with Gasteiger partial charge in [0.2, 0.25) is 0 Å². The number of pyridine rings is 1. The summed E-state index contributed by atoms with van der Waals surface area (Å²) >= 11 is 5.90. The fourth-order valence-corrected chi connectivity index (χ4v) is 1.80. The minimum Gasteiger partial charge on any atom is -0.312 e. The second kappa shape index (κ2) is 4.39. The van der Waals surface area contributed by atoms with E-state index in [0.717, 1.165) is 30.1 Å². The van der Waals surface area contributed by atoms with E-state index in [1.54, 1.807) is 6.07 Å². The van der Waals surface area contributed by atoms with Crippen LogP contribution in [0, 0.1) is 6.92 Å². The van der Waals surface area contributed by atoms with Gasteiger partial charge in [-0.05, 0) is 33.2 Å². The van der Waals surface area contributed by atoms with Gasteiger partial charge in [-0.1, -0.05) is 11.6 Å². The minimum absolute atomic E-state index is 0.513. The summed E-state index contributed by atoms with van der Waals surface area (Å²) in [5.41, 5.74) is 1.77. The first-order valence-corrected chi connectivity index (χ1v) is 5.60. The third-order valence-corrected chi connectivity index (χ3v) is 2.73. The molecule has 0 N–H and O–H groups in total. The highest BCUT2D eigenvalue weighted by Gasteiger charge is 2.08. The molecule has 0 saturated heterocycles. The first-order chi connectivity index (χ1) is 7.58. The summed E-state index contributed by atoms with van der Waals surface area (Å²) in [5, 5.41) is 0.513. The summed E-state index contributed by atoms with van der Waals surface area (Å²) in [7, 11) is 4.10. The highest BCUT2D eigenvalue weighted by molar-refractivity contribution is 6.29. The molecule has 0 atom stereocenters. The monoisotopic (exact) mass is 238 g/mol. The van der Waals surface area contributed by atoms with Crippen molar-refractivity contribution in [1.29, 1.82) is 0 Å². The molecule has 4 nitrogen and oxygen atoms in total. The maximum atomic E-state index is 5.90. The third kappa shape index (κ3) is 2.18.